The zero-order valence-electron chi connectivity index (χ0n) is 17.0. The van der Waals surface area contributed by atoms with Crippen LogP contribution < -0.4 is 15.7 Å². The van der Waals surface area contributed by atoms with Crippen molar-refractivity contribution in [3.63, 3.8) is 0 Å². The maximum absolute atomic E-state index is 13.3. The predicted molar refractivity (Wildman–Crippen MR) is 120 cm³/mol. The Labute approximate surface area is 181 Å². The molecule has 0 unspecified atom stereocenters. The van der Waals surface area contributed by atoms with Crippen LogP contribution in [0.2, 0.25) is 0 Å². The zero-order chi connectivity index (χ0) is 22.0. The molecule has 0 fully saturated rings. The van der Waals surface area contributed by atoms with E-state index in [4.69, 9.17) is 4.42 Å². The number of halogens is 1. The summed E-state index contributed by atoms with van der Waals surface area (Å²) < 4.78 is 18.8. The van der Waals surface area contributed by atoms with Gasteiger partial charge in [0.05, 0.1) is 4.88 Å². The number of fused-ring (bicyclic) bond motifs is 1. The number of pyridine rings is 1. The predicted octanol–water partition coefficient (Wildman–Crippen LogP) is 5.11. The Hall–Kier alpha value is -3.52. The molecule has 1 aromatic carbocycles. The number of thiazole rings is 1. The number of benzene rings is 1. The first-order chi connectivity index (χ1) is 15.0. The van der Waals surface area contributed by atoms with Gasteiger partial charge in [0.15, 0.2) is 11.3 Å². The van der Waals surface area contributed by atoms with Gasteiger partial charge in [0.2, 0.25) is 0 Å². The Morgan fingerprint density at radius 1 is 1.32 bits per heavy atom. The third-order valence-corrected chi connectivity index (χ3v) is 6.01. The maximum atomic E-state index is 13.3. The molecule has 0 saturated heterocycles. The molecule has 4 rings (SSSR count). The number of aromatic nitrogens is 2. The van der Waals surface area contributed by atoms with Crippen molar-refractivity contribution >= 4 is 33.0 Å². The Bertz CT molecular complexity index is 1340. The van der Waals surface area contributed by atoms with Crippen LogP contribution in [0.5, 0.6) is 0 Å². The van der Waals surface area contributed by atoms with E-state index in [-0.39, 0.29) is 4.73 Å². The number of hydrogen-bond donors (Lipinski definition) is 1. The first-order valence-corrected chi connectivity index (χ1v) is 10.6. The fourth-order valence-corrected chi connectivity index (χ4v) is 4.34. The van der Waals surface area contributed by atoms with Gasteiger partial charge in [-0.1, -0.05) is 36.5 Å². The van der Waals surface area contributed by atoms with E-state index in [1.807, 2.05) is 25.3 Å². The minimum absolute atomic E-state index is 0.133. The summed E-state index contributed by atoms with van der Waals surface area (Å²) in [5.74, 6) is -0.907. The molecule has 3 aromatic heterocycles. The minimum Gasteiger partial charge on any atom is -0.617 e. The van der Waals surface area contributed by atoms with E-state index < -0.39 is 11.6 Å². The number of rotatable bonds is 6. The molecule has 0 aliphatic rings. The molecular weight excluding hydrogens is 417 g/mol. The van der Waals surface area contributed by atoms with Gasteiger partial charge < -0.3 is 14.9 Å². The van der Waals surface area contributed by atoms with Crippen molar-refractivity contribution in [2.75, 3.05) is 5.32 Å². The van der Waals surface area contributed by atoms with E-state index in [0.717, 1.165) is 34.3 Å². The fraction of sp³-hybridized carbons (Fsp3) is 0.174. The van der Waals surface area contributed by atoms with Crippen LogP contribution in [0.4, 0.5) is 9.52 Å². The number of hydrogen-bond acceptors (Lipinski definition) is 6. The van der Waals surface area contributed by atoms with Gasteiger partial charge in [-0.15, -0.1) is 9.12 Å². The lowest BCUT2D eigenvalue weighted by molar-refractivity contribution is -0.636. The van der Waals surface area contributed by atoms with Crippen LogP contribution in [-0.4, -0.2) is 4.98 Å². The van der Waals surface area contributed by atoms with Crippen molar-refractivity contribution in [1.29, 1.82) is 0 Å². The summed E-state index contributed by atoms with van der Waals surface area (Å²) in [5, 5.41) is 16.4. The van der Waals surface area contributed by atoms with Crippen molar-refractivity contribution in [2.24, 2.45) is 0 Å². The van der Waals surface area contributed by atoms with Gasteiger partial charge in [-0.05, 0) is 36.6 Å². The summed E-state index contributed by atoms with van der Waals surface area (Å²) in [6.07, 6.45) is 6.01. The largest absolute Gasteiger partial charge is 0.617 e. The van der Waals surface area contributed by atoms with E-state index in [9.17, 15) is 14.4 Å². The molecule has 0 aliphatic carbocycles. The van der Waals surface area contributed by atoms with Crippen molar-refractivity contribution in [3.05, 3.63) is 86.9 Å². The molecule has 0 amide bonds. The molecule has 0 aliphatic heterocycles. The van der Waals surface area contributed by atoms with Crippen LogP contribution in [0.3, 0.4) is 0 Å². The van der Waals surface area contributed by atoms with Crippen LogP contribution in [0.1, 0.15) is 30.7 Å². The molecule has 4 aromatic rings. The second-order valence-corrected chi connectivity index (χ2v) is 7.96. The second-order valence-electron chi connectivity index (χ2n) is 6.93. The van der Waals surface area contributed by atoms with Gasteiger partial charge in [0, 0.05) is 41.4 Å². The third kappa shape index (κ3) is 4.34. The second kappa shape index (κ2) is 8.69. The highest BCUT2D eigenvalue weighted by molar-refractivity contribution is 7.16. The molecular formula is C23H20FN3O3S. The van der Waals surface area contributed by atoms with Gasteiger partial charge in [-0.3, -0.25) is 0 Å². The lowest BCUT2D eigenvalue weighted by Gasteiger charge is -2.08. The molecule has 0 atom stereocenters. The molecule has 31 heavy (non-hydrogen) atoms. The summed E-state index contributed by atoms with van der Waals surface area (Å²) in [7, 11) is 0. The molecule has 0 saturated carbocycles. The molecule has 8 heteroatoms. The Morgan fingerprint density at radius 3 is 2.90 bits per heavy atom. The Balaban J connectivity index is 1.61. The highest BCUT2D eigenvalue weighted by Crippen LogP contribution is 2.29. The van der Waals surface area contributed by atoms with Crippen molar-refractivity contribution in [2.45, 2.75) is 26.8 Å². The van der Waals surface area contributed by atoms with Gasteiger partial charge in [0.25, 0.3) is 0 Å². The summed E-state index contributed by atoms with van der Waals surface area (Å²) in [4.78, 5) is 17.6. The number of allylic oxidation sites excluding steroid dienone is 2. The molecule has 1 N–H and O–H groups in total. The Morgan fingerprint density at radius 2 is 2.16 bits per heavy atom. The van der Waals surface area contributed by atoms with Crippen molar-refractivity contribution in [1.82, 2.24) is 4.98 Å². The average molecular weight is 437 g/mol. The Kier molecular flexibility index (Phi) is 5.81. The molecule has 0 radical (unpaired) electrons. The summed E-state index contributed by atoms with van der Waals surface area (Å²) in [6.45, 7) is 4.64. The first-order valence-electron chi connectivity index (χ1n) is 9.79. The highest BCUT2D eigenvalue weighted by atomic mass is 32.1. The topological polar surface area (TPSA) is 82.1 Å². The van der Waals surface area contributed by atoms with E-state index in [1.54, 1.807) is 17.4 Å². The maximum Gasteiger partial charge on any atom is 0.370 e. The van der Waals surface area contributed by atoms with Crippen molar-refractivity contribution in [3.8, 4) is 11.1 Å². The summed E-state index contributed by atoms with van der Waals surface area (Å²) >= 11 is 1.59. The average Bonchev–Trinajstić information content (AvgIpc) is 3.23. The van der Waals surface area contributed by atoms with Gasteiger partial charge >= 0.3 is 11.6 Å². The van der Waals surface area contributed by atoms with Crippen LogP contribution in [-0.2, 0) is 6.54 Å². The lowest BCUT2D eigenvalue weighted by Crippen LogP contribution is -2.30. The van der Waals surface area contributed by atoms with Crippen LogP contribution in [0.15, 0.2) is 64.1 Å². The minimum atomic E-state index is -0.907. The van der Waals surface area contributed by atoms with Crippen LogP contribution in [0, 0.1) is 11.2 Å². The highest BCUT2D eigenvalue weighted by Gasteiger charge is 2.13. The van der Waals surface area contributed by atoms with Gasteiger partial charge in [0.1, 0.15) is 5.58 Å². The van der Waals surface area contributed by atoms with Crippen molar-refractivity contribution < 1.29 is 13.5 Å². The number of nitrogens with zero attached hydrogens (tertiary/aromatic N) is 2. The zero-order valence-corrected chi connectivity index (χ0v) is 17.8. The van der Waals surface area contributed by atoms with E-state index in [0.29, 0.717) is 28.6 Å². The quantitative estimate of drug-likeness (QED) is 0.196. The molecule has 3 heterocycles. The normalized spacial score (nSPS) is 11.8. The number of nitrogens with one attached hydrogen (secondary N) is 1. The lowest BCUT2D eigenvalue weighted by atomic mass is 10.0. The smallest absolute Gasteiger partial charge is 0.370 e. The van der Waals surface area contributed by atoms with E-state index in [1.165, 1.54) is 17.7 Å². The molecule has 6 nitrogen and oxygen atoms in total. The van der Waals surface area contributed by atoms with E-state index >= 15 is 0 Å². The van der Waals surface area contributed by atoms with E-state index in [2.05, 4.69) is 23.3 Å². The third-order valence-electron chi connectivity index (χ3n) is 4.98. The molecule has 158 valence electrons. The summed E-state index contributed by atoms with van der Waals surface area (Å²) in [5.41, 5.74) is 2.96. The van der Waals surface area contributed by atoms with Crippen LogP contribution in [0.25, 0.3) is 27.7 Å². The molecule has 0 spiro atoms. The fourth-order valence-electron chi connectivity index (χ4n) is 3.38. The monoisotopic (exact) mass is 437 g/mol. The SMILES string of the molecule is CC=C(CC)c1cnc(NCc2ccc3c(-c4ccc(F)[n+]([O-])c4)cc(=O)oc3c2)s1. The first kappa shape index (κ1) is 20.7. The van der Waals surface area contributed by atoms with Crippen LogP contribution >= 0.6 is 11.3 Å². The molecule has 0 bridgehead atoms. The van der Waals surface area contributed by atoms with Gasteiger partial charge in [-0.25, -0.2) is 9.78 Å². The number of anilines is 1. The van der Waals surface area contributed by atoms with Gasteiger partial charge in [-0.2, -0.15) is 0 Å². The standard InChI is InChI=1S/C23H20FN3O3S/c1-3-15(4-2)20-12-26-23(31-20)25-11-14-5-7-17-18(10-22(28)30-19(17)9-14)16-6-8-21(24)27(29)13-16/h3,5-10,12-13H,4,11H2,1-2H3,(H,25,26). The summed E-state index contributed by atoms with van der Waals surface area (Å²) in [6, 6.07) is 9.35.